The maximum absolute atomic E-state index is 12.9. The molecule has 2 N–H and O–H groups in total. The molecule has 0 saturated carbocycles. The summed E-state index contributed by atoms with van der Waals surface area (Å²) in [4.78, 5) is 32.7. The van der Waals surface area contributed by atoms with E-state index in [0.717, 1.165) is 11.1 Å². The van der Waals surface area contributed by atoms with Gasteiger partial charge in [-0.2, -0.15) is 0 Å². The molecule has 0 spiro atoms. The van der Waals surface area contributed by atoms with Gasteiger partial charge in [-0.15, -0.1) is 11.3 Å². The number of nitrogens with zero attached hydrogens (tertiary/aromatic N) is 1. The Labute approximate surface area is 177 Å². The summed E-state index contributed by atoms with van der Waals surface area (Å²) in [6, 6.07) is 13.2. The van der Waals surface area contributed by atoms with Crippen LogP contribution in [0.25, 0.3) is 22.0 Å². The van der Waals surface area contributed by atoms with E-state index in [0.29, 0.717) is 30.3 Å². The Bertz CT molecular complexity index is 1240. The van der Waals surface area contributed by atoms with Crippen molar-refractivity contribution in [3.05, 3.63) is 84.5 Å². The normalized spacial score (nSPS) is 10.9. The molecule has 0 unspecified atom stereocenters. The number of aromatic amines is 1. The molecule has 4 aromatic rings. The van der Waals surface area contributed by atoms with E-state index >= 15 is 0 Å². The standard InChI is InChI=1S/C20H13BrClN3O2S/c21-20-25-10-17(28-20)19(27)24-9-12-8-23-16-7-15(22)13(6-14(16)18(12)26)11-4-2-1-3-5-11/h1-8,10H,9H2,(H,23,26)(H,24,27). The number of fused-ring (bicyclic) bond motifs is 1. The van der Waals surface area contributed by atoms with Crippen LogP contribution >= 0.6 is 38.9 Å². The molecular weight excluding hydrogens is 462 g/mol. The molecular formula is C20H13BrClN3O2S. The highest BCUT2D eigenvalue weighted by Crippen LogP contribution is 2.30. The molecule has 8 heteroatoms. The fraction of sp³-hybridized carbons (Fsp3) is 0.0500. The molecule has 4 rings (SSSR count). The van der Waals surface area contributed by atoms with Gasteiger partial charge in [-0.3, -0.25) is 9.59 Å². The van der Waals surface area contributed by atoms with Gasteiger partial charge in [0.1, 0.15) is 4.88 Å². The van der Waals surface area contributed by atoms with E-state index in [2.05, 4.69) is 31.2 Å². The van der Waals surface area contributed by atoms with E-state index in [9.17, 15) is 9.59 Å². The van der Waals surface area contributed by atoms with E-state index in [1.165, 1.54) is 17.5 Å². The highest BCUT2D eigenvalue weighted by atomic mass is 79.9. The summed E-state index contributed by atoms with van der Waals surface area (Å²) < 4.78 is 0.631. The third kappa shape index (κ3) is 3.73. The van der Waals surface area contributed by atoms with Crippen LogP contribution < -0.4 is 10.7 Å². The summed E-state index contributed by atoms with van der Waals surface area (Å²) in [6.07, 6.45) is 3.09. The summed E-state index contributed by atoms with van der Waals surface area (Å²) in [5, 5.41) is 3.84. The molecule has 2 heterocycles. The number of carbonyl (C=O) groups is 1. The molecule has 1 amide bonds. The number of H-pyrrole nitrogens is 1. The molecule has 28 heavy (non-hydrogen) atoms. The van der Waals surface area contributed by atoms with Crippen LogP contribution in [0.2, 0.25) is 5.02 Å². The lowest BCUT2D eigenvalue weighted by molar-refractivity contribution is 0.0954. The number of halogens is 2. The van der Waals surface area contributed by atoms with Crippen molar-refractivity contribution in [3.63, 3.8) is 0 Å². The molecule has 5 nitrogen and oxygen atoms in total. The van der Waals surface area contributed by atoms with E-state index in [4.69, 9.17) is 11.6 Å². The lowest BCUT2D eigenvalue weighted by Gasteiger charge is -2.09. The first-order valence-electron chi connectivity index (χ1n) is 8.31. The molecule has 0 aliphatic rings. The smallest absolute Gasteiger partial charge is 0.263 e. The zero-order valence-corrected chi connectivity index (χ0v) is 17.5. The minimum Gasteiger partial charge on any atom is -0.361 e. The van der Waals surface area contributed by atoms with Crippen molar-refractivity contribution in [2.24, 2.45) is 0 Å². The third-order valence-electron chi connectivity index (χ3n) is 4.27. The SMILES string of the molecule is O=C(NCc1c[nH]c2cc(Cl)c(-c3ccccc3)cc2c1=O)c1cnc(Br)s1. The van der Waals surface area contributed by atoms with Crippen LogP contribution in [0.5, 0.6) is 0 Å². The van der Waals surface area contributed by atoms with Gasteiger partial charge in [0.25, 0.3) is 5.91 Å². The van der Waals surface area contributed by atoms with Gasteiger partial charge in [0.15, 0.2) is 9.35 Å². The molecule has 0 bridgehead atoms. The number of nitrogens with one attached hydrogen (secondary N) is 2. The van der Waals surface area contributed by atoms with Crippen molar-refractivity contribution in [2.45, 2.75) is 6.54 Å². The van der Waals surface area contributed by atoms with Crippen molar-refractivity contribution in [2.75, 3.05) is 0 Å². The number of pyridine rings is 1. The second-order valence-electron chi connectivity index (χ2n) is 6.05. The van der Waals surface area contributed by atoms with Crippen molar-refractivity contribution in [3.8, 4) is 11.1 Å². The van der Waals surface area contributed by atoms with Crippen LogP contribution in [0, 0.1) is 0 Å². The Morgan fingerprint density at radius 1 is 1.25 bits per heavy atom. The van der Waals surface area contributed by atoms with Crippen molar-refractivity contribution >= 4 is 55.7 Å². The van der Waals surface area contributed by atoms with Gasteiger partial charge in [-0.05, 0) is 33.6 Å². The van der Waals surface area contributed by atoms with E-state index in [-0.39, 0.29) is 17.9 Å². The lowest BCUT2D eigenvalue weighted by Crippen LogP contribution is -2.25. The molecule has 0 aliphatic carbocycles. The molecule has 0 fully saturated rings. The summed E-state index contributed by atoms with van der Waals surface area (Å²) in [7, 11) is 0. The minimum atomic E-state index is -0.274. The number of amides is 1. The number of rotatable bonds is 4. The Morgan fingerprint density at radius 2 is 2.04 bits per heavy atom. The first kappa shape index (κ1) is 18.9. The lowest BCUT2D eigenvalue weighted by atomic mass is 10.0. The predicted molar refractivity (Wildman–Crippen MR) is 116 cm³/mol. The van der Waals surface area contributed by atoms with Crippen LogP contribution in [-0.2, 0) is 6.54 Å². The van der Waals surface area contributed by atoms with Gasteiger partial charge < -0.3 is 10.3 Å². The molecule has 0 aliphatic heterocycles. The molecule has 0 atom stereocenters. The largest absolute Gasteiger partial charge is 0.361 e. The van der Waals surface area contributed by atoms with Crippen LogP contribution in [-0.4, -0.2) is 15.9 Å². The third-order valence-corrected chi connectivity index (χ3v) is 6.06. The average molecular weight is 475 g/mol. The van der Waals surface area contributed by atoms with Gasteiger partial charge in [0, 0.05) is 29.3 Å². The maximum Gasteiger partial charge on any atom is 0.263 e. The summed E-state index contributed by atoms with van der Waals surface area (Å²) >= 11 is 10.9. The number of hydrogen-bond acceptors (Lipinski definition) is 4. The highest BCUT2D eigenvalue weighted by molar-refractivity contribution is 9.11. The Hall–Kier alpha value is -2.48. The van der Waals surface area contributed by atoms with Crippen LogP contribution in [0.3, 0.4) is 0 Å². The molecule has 2 aromatic heterocycles. The molecule has 0 saturated heterocycles. The highest BCUT2D eigenvalue weighted by Gasteiger charge is 2.13. The minimum absolute atomic E-state index is 0.114. The monoisotopic (exact) mass is 473 g/mol. The average Bonchev–Trinajstić information content (AvgIpc) is 3.14. The van der Waals surface area contributed by atoms with Crippen molar-refractivity contribution in [1.82, 2.24) is 15.3 Å². The van der Waals surface area contributed by atoms with E-state index in [1.807, 2.05) is 30.3 Å². The fourth-order valence-corrected chi connectivity index (χ4v) is 4.33. The molecule has 0 radical (unpaired) electrons. The van der Waals surface area contributed by atoms with Gasteiger partial charge >= 0.3 is 0 Å². The number of thiazole rings is 1. The topological polar surface area (TPSA) is 74.8 Å². The number of benzene rings is 2. The number of aromatic nitrogens is 2. The first-order valence-corrected chi connectivity index (χ1v) is 10.3. The Balaban J connectivity index is 1.67. The van der Waals surface area contributed by atoms with Gasteiger partial charge in [0.05, 0.1) is 16.7 Å². The summed E-state index contributed by atoms with van der Waals surface area (Å²) in [5.41, 5.74) is 2.69. The fourth-order valence-electron chi connectivity index (χ4n) is 2.87. The second kappa shape index (κ2) is 7.87. The van der Waals surface area contributed by atoms with E-state index < -0.39 is 0 Å². The number of carbonyl (C=O) groups excluding carboxylic acids is 1. The van der Waals surface area contributed by atoms with Crippen molar-refractivity contribution < 1.29 is 4.79 Å². The van der Waals surface area contributed by atoms with Gasteiger partial charge in [0.2, 0.25) is 0 Å². The summed E-state index contributed by atoms with van der Waals surface area (Å²) in [5.74, 6) is -0.274. The second-order valence-corrected chi connectivity index (χ2v) is 8.76. The first-order chi connectivity index (χ1) is 13.5. The Kier molecular flexibility index (Phi) is 5.30. The van der Waals surface area contributed by atoms with Crippen LogP contribution in [0.1, 0.15) is 15.2 Å². The zero-order chi connectivity index (χ0) is 19.7. The maximum atomic E-state index is 12.9. The van der Waals surface area contributed by atoms with E-state index in [1.54, 1.807) is 18.3 Å². The van der Waals surface area contributed by atoms with Gasteiger partial charge in [-0.1, -0.05) is 41.9 Å². The number of hydrogen-bond donors (Lipinski definition) is 2. The zero-order valence-electron chi connectivity index (χ0n) is 14.3. The Morgan fingerprint density at radius 3 is 2.75 bits per heavy atom. The molecule has 140 valence electrons. The van der Waals surface area contributed by atoms with Crippen LogP contribution in [0.15, 0.2) is 63.6 Å². The van der Waals surface area contributed by atoms with Crippen LogP contribution in [0.4, 0.5) is 0 Å². The quantitative estimate of drug-likeness (QED) is 0.437. The van der Waals surface area contributed by atoms with Crippen molar-refractivity contribution in [1.29, 1.82) is 0 Å². The molecule has 2 aromatic carbocycles. The summed E-state index contributed by atoms with van der Waals surface area (Å²) in [6.45, 7) is 0.114. The predicted octanol–water partition coefficient (Wildman–Crippen LogP) is 5.00. The van der Waals surface area contributed by atoms with Gasteiger partial charge in [-0.25, -0.2) is 4.98 Å².